The van der Waals surface area contributed by atoms with Crippen molar-refractivity contribution in [2.24, 2.45) is 0 Å². The van der Waals surface area contributed by atoms with Crippen molar-refractivity contribution in [3.63, 3.8) is 0 Å². The molecule has 0 bridgehead atoms. The molecule has 1 aromatic carbocycles. The predicted octanol–water partition coefficient (Wildman–Crippen LogP) is 2.15. The van der Waals surface area contributed by atoms with Gasteiger partial charge < -0.3 is 9.30 Å². The van der Waals surface area contributed by atoms with E-state index in [1.54, 1.807) is 23.8 Å². The van der Waals surface area contributed by atoms with E-state index in [0.717, 1.165) is 0 Å². The largest absolute Gasteiger partial charge is 0.383 e. The van der Waals surface area contributed by atoms with Gasteiger partial charge in [0, 0.05) is 24.7 Å². The van der Waals surface area contributed by atoms with Gasteiger partial charge in [-0.1, -0.05) is 11.6 Å². The van der Waals surface area contributed by atoms with Gasteiger partial charge in [0.25, 0.3) is 5.69 Å². The molecule has 7 nitrogen and oxygen atoms in total. The van der Waals surface area contributed by atoms with Crippen LogP contribution in [-0.4, -0.2) is 33.4 Å². The molecule has 100 valence electrons. The van der Waals surface area contributed by atoms with Gasteiger partial charge in [-0.05, 0) is 12.1 Å². The first-order chi connectivity index (χ1) is 9.13. The van der Waals surface area contributed by atoms with Crippen LogP contribution in [-0.2, 0) is 11.3 Å². The van der Waals surface area contributed by atoms with E-state index in [9.17, 15) is 10.1 Å². The summed E-state index contributed by atoms with van der Waals surface area (Å²) in [6.07, 6.45) is 1.51. The smallest absolute Gasteiger partial charge is 0.281 e. The van der Waals surface area contributed by atoms with Crippen LogP contribution in [0.25, 0.3) is 11.4 Å². The van der Waals surface area contributed by atoms with Crippen LogP contribution in [0.1, 0.15) is 0 Å². The van der Waals surface area contributed by atoms with E-state index < -0.39 is 4.92 Å². The normalized spacial score (nSPS) is 10.6. The third-order valence-electron chi connectivity index (χ3n) is 2.55. The molecule has 1 heterocycles. The fourth-order valence-corrected chi connectivity index (χ4v) is 1.83. The van der Waals surface area contributed by atoms with Crippen molar-refractivity contribution < 1.29 is 9.66 Å². The zero-order chi connectivity index (χ0) is 13.8. The van der Waals surface area contributed by atoms with Gasteiger partial charge in [-0.3, -0.25) is 10.1 Å². The molecule has 1 aromatic heterocycles. The maximum absolute atomic E-state index is 11.1. The van der Waals surface area contributed by atoms with E-state index in [4.69, 9.17) is 16.3 Å². The summed E-state index contributed by atoms with van der Waals surface area (Å²) < 4.78 is 6.67. The molecule has 2 aromatic rings. The second-order valence-electron chi connectivity index (χ2n) is 3.76. The molecule has 0 radical (unpaired) electrons. The van der Waals surface area contributed by atoms with Crippen molar-refractivity contribution in [3.05, 3.63) is 39.7 Å². The van der Waals surface area contributed by atoms with Crippen molar-refractivity contribution in [2.45, 2.75) is 6.54 Å². The highest BCUT2D eigenvalue weighted by Crippen LogP contribution is 2.30. The van der Waals surface area contributed by atoms with Gasteiger partial charge in [-0.25, -0.2) is 0 Å². The van der Waals surface area contributed by atoms with Crippen LogP contribution < -0.4 is 0 Å². The van der Waals surface area contributed by atoms with Gasteiger partial charge in [0.2, 0.25) is 0 Å². The van der Waals surface area contributed by atoms with E-state index in [0.29, 0.717) is 29.6 Å². The number of hydrogen-bond donors (Lipinski definition) is 0. The van der Waals surface area contributed by atoms with Crippen LogP contribution in [0, 0.1) is 10.1 Å². The third-order valence-corrected chi connectivity index (χ3v) is 2.78. The third kappa shape index (κ3) is 2.88. The van der Waals surface area contributed by atoms with Gasteiger partial charge in [0.1, 0.15) is 6.33 Å². The number of rotatable bonds is 5. The minimum Gasteiger partial charge on any atom is -0.383 e. The average molecular weight is 283 g/mol. The van der Waals surface area contributed by atoms with Crippen LogP contribution in [0.3, 0.4) is 0 Å². The summed E-state index contributed by atoms with van der Waals surface area (Å²) in [6, 6.07) is 4.44. The topological polar surface area (TPSA) is 83.1 Å². The zero-order valence-corrected chi connectivity index (χ0v) is 10.9. The van der Waals surface area contributed by atoms with Crippen LogP contribution in [0.5, 0.6) is 0 Å². The van der Waals surface area contributed by atoms with Crippen LogP contribution >= 0.6 is 11.6 Å². The monoisotopic (exact) mass is 282 g/mol. The number of benzene rings is 1. The molecule has 8 heteroatoms. The lowest BCUT2D eigenvalue weighted by atomic mass is 10.1. The molecule has 0 atom stereocenters. The van der Waals surface area contributed by atoms with Crippen molar-refractivity contribution in [1.82, 2.24) is 14.8 Å². The molecule has 19 heavy (non-hydrogen) atoms. The van der Waals surface area contributed by atoms with Crippen LogP contribution in [0.2, 0.25) is 5.02 Å². The highest BCUT2D eigenvalue weighted by Gasteiger charge is 2.20. The minimum absolute atomic E-state index is 0.0980. The Morgan fingerprint density at radius 1 is 1.53 bits per heavy atom. The highest BCUT2D eigenvalue weighted by atomic mass is 35.5. The Morgan fingerprint density at radius 2 is 2.32 bits per heavy atom. The first kappa shape index (κ1) is 13.4. The molecule has 0 N–H and O–H groups in total. The number of ether oxygens (including phenoxy) is 1. The van der Waals surface area contributed by atoms with Gasteiger partial charge in [-0.15, -0.1) is 10.2 Å². The summed E-state index contributed by atoms with van der Waals surface area (Å²) in [7, 11) is 1.58. The summed E-state index contributed by atoms with van der Waals surface area (Å²) in [4.78, 5) is 10.6. The lowest BCUT2D eigenvalue weighted by Crippen LogP contribution is -2.06. The lowest BCUT2D eigenvalue weighted by Gasteiger charge is -2.06. The quantitative estimate of drug-likeness (QED) is 0.620. The summed E-state index contributed by atoms with van der Waals surface area (Å²) in [6.45, 7) is 0.977. The van der Waals surface area contributed by atoms with Crippen molar-refractivity contribution >= 4 is 17.3 Å². The number of aromatic nitrogens is 3. The molecule has 2 rings (SSSR count). The molecule has 0 unspecified atom stereocenters. The number of methoxy groups -OCH3 is 1. The lowest BCUT2D eigenvalue weighted by molar-refractivity contribution is -0.384. The molecule has 0 saturated carbocycles. The Hall–Kier alpha value is -1.99. The van der Waals surface area contributed by atoms with E-state index in [1.165, 1.54) is 12.4 Å². The van der Waals surface area contributed by atoms with Gasteiger partial charge in [0.15, 0.2) is 5.82 Å². The predicted molar refractivity (Wildman–Crippen MR) is 69.0 cm³/mol. The Labute approximate surface area is 113 Å². The Balaban J connectivity index is 2.47. The highest BCUT2D eigenvalue weighted by molar-refractivity contribution is 6.30. The minimum atomic E-state index is -0.490. The molecule has 0 spiro atoms. The Bertz CT molecular complexity index is 599. The SMILES string of the molecule is COCCn1cnnc1-c1ccc(Cl)cc1[N+](=O)[O-]. The van der Waals surface area contributed by atoms with E-state index in [-0.39, 0.29) is 5.69 Å². The fourth-order valence-electron chi connectivity index (χ4n) is 1.66. The molecular formula is C11H11ClN4O3. The Kier molecular flexibility index (Phi) is 4.08. The maximum Gasteiger partial charge on any atom is 0.281 e. The van der Waals surface area contributed by atoms with Gasteiger partial charge >= 0.3 is 0 Å². The molecule has 0 fully saturated rings. The van der Waals surface area contributed by atoms with Crippen LogP contribution in [0.4, 0.5) is 5.69 Å². The number of nitro benzene ring substituents is 1. The first-order valence-electron chi connectivity index (χ1n) is 5.44. The number of nitro groups is 1. The van der Waals surface area contributed by atoms with Gasteiger partial charge in [-0.2, -0.15) is 0 Å². The molecule has 0 aliphatic rings. The zero-order valence-electron chi connectivity index (χ0n) is 10.1. The van der Waals surface area contributed by atoms with Crippen molar-refractivity contribution in [3.8, 4) is 11.4 Å². The summed E-state index contributed by atoms with van der Waals surface area (Å²) >= 11 is 5.78. The molecule has 0 saturated heterocycles. The standard InChI is InChI=1S/C11H11ClN4O3/c1-19-5-4-15-7-13-14-11(15)9-3-2-8(12)6-10(9)16(17)18/h2-3,6-7H,4-5H2,1H3. The Morgan fingerprint density at radius 3 is 3.00 bits per heavy atom. The second kappa shape index (κ2) is 5.77. The van der Waals surface area contributed by atoms with Crippen molar-refractivity contribution in [2.75, 3.05) is 13.7 Å². The average Bonchev–Trinajstić information content (AvgIpc) is 2.84. The first-order valence-corrected chi connectivity index (χ1v) is 5.82. The van der Waals surface area contributed by atoms with E-state index in [2.05, 4.69) is 10.2 Å². The van der Waals surface area contributed by atoms with E-state index >= 15 is 0 Å². The number of hydrogen-bond acceptors (Lipinski definition) is 5. The number of halogens is 1. The maximum atomic E-state index is 11.1. The second-order valence-corrected chi connectivity index (χ2v) is 4.20. The van der Waals surface area contributed by atoms with Crippen molar-refractivity contribution in [1.29, 1.82) is 0 Å². The fraction of sp³-hybridized carbons (Fsp3) is 0.273. The number of nitrogens with zero attached hydrogens (tertiary/aromatic N) is 4. The van der Waals surface area contributed by atoms with Crippen LogP contribution in [0.15, 0.2) is 24.5 Å². The van der Waals surface area contributed by atoms with Gasteiger partial charge in [0.05, 0.1) is 17.1 Å². The van der Waals surface area contributed by atoms with E-state index in [1.807, 2.05) is 0 Å². The summed E-state index contributed by atoms with van der Waals surface area (Å²) in [5.41, 5.74) is 0.280. The molecule has 0 aliphatic carbocycles. The summed E-state index contributed by atoms with van der Waals surface area (Å²) in [5.74, 6) is 0.417. The summed E-state index contributed by atoms with van der Waals surface area (Å²) in [5, 5.41) is 19.1. The molecular weight excluding hydrogens is 272 g/mol. The molecule has 0 amide bonds. The molecule has 0 aliphatic heterocycles.